The number of aliphatic hydroxyl groups excluding tert-OH is 1. The summed E-state index contributed by atoms with van der Waals surface area (Å²) in [5.41, 5.74) is 0. The zero-order valence-electron chi connectivity index (χ0n) is 5.21. The second kappa shape index (κ2) is 1.94. The number of nitrogens with one attached hydrogen (secondary N) is 1. The van der Waals surface area contributed by atoms with E-state index in [4.69, 9.17) is 4.74 Å². The molecule has 3 nitrogen and oxygen atoms in total. The van der Waals surface area contributed by atoms with Crippen LogP contribution in [0, 0.1) is 5.92 Å². The fraction of sp³-hybridized carbons (Fsp3) is 1.00. The van der Waals surface area contributed by atoms with Gasteiger partial charge in [-0.25, -0.2) is 0 Å². The average Bonchev–Trinajstić information content (AvgIpc) is 2.19. The summed E-state index contributed by atoms with van der Waals surface area (Å²) in [7, 11) is 0. The summed E-state index contributed by atoms with van der Waals surface area (Å²) in [5.74, 6) is 0.351. The van der Waals surface area contributed by atoms with Gasteiger partial charge in [0.25, 0.3) is 0 Å². The fourth-order valence-corrected chi connectivity index (χ4v) is 1.52. The van der Waals surface area contributed by atoms with Crippen LogP contribution in [-0.2, 0) is 4.74 Å². The Labute approximate surface area is 54.0 Å². The molecule has 3 atom stereocenters. The van der Waals surface area contributed by atoms with Crippen LogP contribution < -0.4 is 5.32 Å². The lowest BCUT2D eigenvalue weighted by molar-refractivity contribution is 0.0298. The Balaban J connectivity index is 2.10. The molecule has 2 heterocycles. The Bertz CT molecular complexity index is 102. The lowest BCUT2D eigenvalue weighted by atomic mass is 9.98. The summed E-state index contributed by atoms with van der Waals surface area (Å²) in [5, 5.41) is 12.5. The van der Waals surface area contributed by atoms with Crippen LogP contribution in [0.4, 0.5) is 0 Å². The molecule has 0 aliphatic carbocycles. The maximum atomic E-state index is 9.34. The molecule has 0 saturated carbocycles. The second-order valence-corrected chi connectivity index (χ2v) is 2.78. The molecule has 3 heteroatoms. The highest BCUT2D eigenvalue weighted by atomic mass is 16.5. The van der Waals surface area contributed by atoms with Crippen molar-refractivity contribution in [1.82, 2.24) is 5.32 Å². The van der Waals surface area contributed by atoms with Crippen LogP contribution in [0.2, 0.25) is 0 Å². The van der Waals surface area contributed by atoms with Gasteiger partial charge in [0.15, 0.2) is 0 Å². The molecular weight excluding hydrogens is 118 g/mol. The number of ether oxygens (including phenoxy) is 1. The quantitative estimate of drug-likeness (QED) is 0.439. The third-order valence-corrected chi connectivity index (χ3v) is 2.14. The van der Waals surface area contributed by atoms with E-state index in [1.54, 1.807) is 0 Å². The molecule has 0 aromatic heterocycles. The summed E-state index contributed by atoms with van der Waals surface area (Å²) in [4.78, 5) is 0. The largest absolute Gasteiger partial charge is 0.390 e. The first-order chi connectivity index (χ1) is 4.38. The average molecular weight is 129 g/mol. The van der Waals surface area contributed by atoms with Gasteiger partial charge < -0.3 is 15.2 Å². The lowest BCUT2D eigenvalue weighted by Gasteiger charge is -2.23. The highest BCUT2D eigenvalue weighted by molar-refractivity contribution is 4.90. The van der Waals surface area contributed by atoms with Gasteiger partial charge in [-0.3, -0.25) is 0 Å². The van der Waals surface area contributed by atoms with Crippen molar-refractivity contribution < 1.29 is 9.84 Å². The van der Waals surface area contributed by atoms with Gasteiger partial charge in [-0.15, -0.1) is 0 Å². The maximum Gasteiger partial charge on any atom is 0.0962 e. The number of rotatable bonds is 0. The number of fused-ring (bicyclic) bond motifs is 2. The second-order valence-electron chi connectivity index (χ2n) is 2.78. The molecule has 1 unspecified atom stereocenters. The monoisotopic (exact) mass is 129 g/mol. The summed E-state index contributed by atoms with van der Waals surface area (Å²) in [6.07, 6.45) is -0.130. The molecule has 0 spiro atoms. The number of hydrogen-bond acceptors (Lipinski definition) is 3. The predicted octanol–water partition coefficient (Wildman–Crippen LogP) is -1.03. The van der Waals surface area contributed by atoms with Gasteiger partial charge in [-0.05, 0) is 0 Å². The van der Waals surface area contributed by atoms with E-state index in [1.807, 2.05) is 0 Å². The van der Waals surface area contributed by atoms with Crippen LogP contribution in [0.25, 0.3) is 0 Å². The van der Waals surface area contributed by atoms with E-state index in [0.717, 1.165) is 19.7 Å². The molecule has 2 bridgehead atoms. The van der Waals surface area contributed by atoms with Crippen LogP contribution in [0.1, 0.15) is 0 Å². The zero-order valence-corrected chi connectivity index (χ0v) is 5.21. The van der Waals surface area contributed by atoms with E-state index in [1.165, 1.54) is 0 Å². The lowest BCUT2D eigenvalue weighted by Crippen LogP contribution is -2.45. The normalized spacial score (nSPS) is 49.7. The molecule has 0 radical (unpaired) electrons. The Hall–Kier alpha value is -0.120. The highest BCUT2D eigenvalue weighted by Gasteiger charge is 2.38. The van der Waals surface area contributed by atoms with Crippen molar-refractivity contribution in [2.45, 2.75) is 12.2 Å². The summed E-state index contributed by atoms with van der Waals surface area (Å²) >= 11 is 0. The molecular formula is C6H11NO2. The van der Waals surface area contributed by atoms with Crippen LogP contribution in [0.3, 0.4) is 0 Å². The molecule has 2 aliphatic rings. The first-order valence-corrected chi connectivity index (χ1v) is 3.38. The number of piperidine rings is 1. The smallest absolute Gasteiger partial charge is 0.0962 e. The minimum Gasteiger partial charge on any atom is -0.390 e. The van der Waals surface area contributed by atoms with Gasteiger partial charge >= 0.3 is 0 Å². The van der Waals surface area contributed by atoms with Crippen molar-refractivity contribution in [2.24, 2.45) is 5.92 Å². The van der Waals surface area contributed by atoms with Gasteiger partial charge in [0.1, 0.15) is 0 Å². The van der Waals surface area contributed by atoms with Crippen LogP contribution in [-0.4, -0.2) is 37.0 Å². The van der Waals surface area contributed by atoms with Crippen molar-refractivity contribution in [2.75, 3.05) is 19.7 Å². The maximum absolute atomic E-state index is 9.34. The molecule has 52 valence electrons. The van der Waals surface area contributed by atoms with Gasteiger partial charge in [-0.2, -0.15) is 0 Å². The van der Waals surface area contributed by atoms with Crippen LogP contribution >= 0.6 is 0 Å². The minimum atomic E-state index is -0.203. The Kier molecular flexibility index (Phi) is 1.22. The van der Waals surface area contributed by atoms with E-state index in [9.17, 15) is 5.11 Å². The van der Waals surface area contributed by atoms with Crippen molar-refractivity contribution in [1.29, 1.82) is 0 Å². The molecule has 9 heavy (non-hydrogen) atoms. The van der Waals surface area contributed by atoms with Gasteiger partial charge in [0.05, 0.1) is 18.8 Å². The van der Waals surface area contributed by atoms with Crippen LogP contribution in [0.15, 0.2) is 0 Å². The molecule has 2 rings (SSSR count). The predicted molar refractivity (Wildman–Crippen MR) is 32.1 cm³/mol. The highest BCUT2D eigenvalue weighted by Crippen LogP contribution is 2.22. The molecule has 0 aromatic carbocycles. The van der Waals surface area contributed by atoms with Gasteiger partial charge in [-0.1, -0.05) is 0 Å². The van der Waals surface area contributed by atoms with E-state index in [2.05, 4.69) is 5.32 Å². The molecule has 2 saturated heterocycles. The van der Waals surface area contributed by atoms with Crippen LogP contribution in [0.5, 0.6) is 0 Å². The zero-order chi connectivity index (χ0) is 6.27. The summed E-state index contributed by atoms with van der Waals surface area (Å²) in [6, 6.07) is 0. The summed E-state index contributed by atoms with van der Waals surface area (Å²) < 4.78 is 5.28. The molecule has 0 aromatic rings. The first kappa shape index (κ1) is 5.65. The fourth-order valence-electron chi connectivity index (χ4n) is 1.52. The van der Waals surface area contributed by atoms with Gasteiger partial charge in [0.2, 0.25) is 0 Å². The Morgan fingerprint density at radius 1 is 1.44 bits per heavy atom. The molecule has 0 amide bonds. The third kappa shape index (κ3) is 0.764. The third-order valence-electron chi connectivity index (χ3n) is 2.14. The summed E-state index contributed by atoms with van der Waals surface area (Å²) in [6.45, 7) is 2.47. The Morgan fingerprint density at radius 2 is 2.33 bits per heavy atom. The molecule has 2 aliphatic heterocycles. The molecule has 2 fully saturated rings. The van der Waals surface area contributed by atoms with Crippen molar-refractivity contribution in [3.05, 3.63) is 0 Å². The van der Waals surface area contributed by atoms with Crippen molar-refractivity contribution in [3.8, 4) is 0 Å². The minimum absolute atomic E-state index is 0.0729. The number of aliphatic hydroxyl groups is 1. The van der Waals surface area contributed by atoms with Crippen molar-refractivity contribution in [3.63, 3.8) is 0 Å². The van der Waals surface area contributed by atoms with E-state index in [0.29, 0.717) is 5.92 Å². The standard InChI is InChI=1S/C6H11NO2/c8-6-4-1-7-2-5(6)9-3-4/h4-8H,1-3H2/t4-,5-,6?/m0/s1. The van der Waals surface area contributed by atoms with E-state index in [-0.39, 0.29) is 12.2 Å². The van der Waals surface area contributed by atoms with E-state index < -0.39 is 0 Å². The van der Waals surface area contributed by atoms with Gasteiger partial charge in [0, 0.05) is 19.0 Å². The topological polar surface area (TPSA) is 41.5 Å². The first-order valence-electron chi connectivity index (χ1n) is 3.38. The van der Waals surface area contributed by atoms with Crippen molar-refractivity contribution >= 4 is 0 Å². The van der Waals surface area contributed by atoms with E-state index >= 15 is 0 Å². The Morgan fingerprint density at radius 3 is 3.00 bits per heavy atom. The SMILES string of the molecule is OC1[C@H]2CNC[C@@H]1OC2. The number of hydrogen-bond donors (Lipinski definition) is 2. The molecule has 2 N–H and O–H groups in total.